The number of benzene rings is 1. The molecule has 23 heavy (non-hydrogen) atoms. The molecule has 0 spiro atoms. The summed E-state index contributed by atoms with van der Waals surface area (Å²) in [7, 11) is 0. The van der Waals surface area contributed by atoms with E-state index < -0.39 is 0 Å². The normalized spacial score (nSPS) is 16.4. The van der Waals surface area contributed by atoms with Crippen molar-refractivity contribution < 1.29 is 0 Å². The van der Waals surface area contributed by atoms with Gasteiger partial charge in [0.25, 0.3) is 0 Å². The lowest BCUT2D eigenvalue weighted by Crippen LogP contribution is -2.45. The first kappa shape index (κ1) is 20.2. The molecule has 1 aromatic carbocycles. The van der Waals surface area contributed by atoms with E-state index in [0.29, 0.717) is 12.1 Å². The maximum Gasteiger partial charge on any atom is 0.191 e. The van der Waals surface area contributed by atoms with Crippen molar-refractivity contribution in [2.24, 2.45) is 4.99 Å². The van der Waals surface area contributed by atoms with E-state index in [1.807, 2.05) is 0 Å². The van der Waals surface area contributed by atoms with Crippen molar-refractivity contribution in [3.63, 3.8) is 0 Å². The highest BCUT2D eigenvalue weighted by Crippen LogP contribution is 2.19. The van der Waals surface area contributed by atoms with Crippen LogP contribution >= 0.6 is 24.0 Å². The van der Waals surface area contributed by atoms with Crippen LogP contribution in [-0.4, -0.2) is 30.6 Å². The minimum atomic E-state index is -0.0544. The first-order chi connectivity index (χ1) is 10.5. The van der Waals surface area contributed by atoms with Gasteiger partial charge in [0.2, 0.25) is 0 Å². The lowest BCUT2D eigenvalue weighted by Gasteiger charge is -2.29. The number of nitrogens with zero attached hydrogens (tertiary/aromatic N) is 1. The van der Waals surface area contributed by atoms with Crippen molar-refractivity contribution in [1.29, 1.82) is 0 Å². The summed E-state index contributed by atoms with van der Waals surface area (Å²) in [6.45, 7) is 10.4. The molecule has 5 heteroatoms. The zero-order chi connectivity index (χ0) is 16.0. The summed E-state index contributed by atoms with van der Waals surface area (Å²) in [6, 6.07) is 11.5. The molecule has 0 bridgehead atoms. The SMILES string of the molecule is CCNC(=NCC(C)(C)NC(C)c1ccccc1)NC1CC1.I. The molecule has 0 saturated heterocycles. The summed E-state index contributed by atoms with van der Waals surface area (Å²) in [4.78, 5) is 4.74. The van der Waals surface area contributed by atoms with E-state index >= 15 is 0 Å². The summed E-state index contributed by atoms with van der Waals surface area (Å²) in [6.07, 6.45) is 2.52. The Bertz CT molecular complexity index is 483. The largest absolute Gasteiger partial charge is 0.357 e. The molecule has 0 heterocycles. The highest BCUT2D eigenvalue weighted by molar-refractivity contribution is 14.0. The van der Waals surface area contributed by atoms with E-state index in [1.54, 1.807) is 0 Å². The highest BCUT2D eigenvalue weighted by Gasteiger charge is 2.24. The van der Waals surface area contributed by atoms with E-state index in [9.17, 15) is 0 Å². The summed E-state index contributed by atoms with van der Waals surface area (Å²) in [5, 5.41) is 10.5. The summed E-state index contributed by atoms with van der Waals surface area (Å²) in [5.74, 6) is 0.937. The van der Waals surface area contributed by atoms with Crippen LogP contribution in [0.1, 0.15) is 52.1 Å². The molecule has 1 aliphatic rings. The average Bonchev–Trinajstić information content (AvgIpc) is 3.30. The average molecular weight is 430 g/mol. The first-order valence-corrected chi connectivity index (χ1v) is 8.37. The third-order valence-corrected chi connectivity index (χ3v) is 3.80. The Morgan fingerprint density at radius 1 is 1.26 bits per heavy atom. The maximum absolute atomic E-state index is 4.74. The number of aliphatic imine (C=N–C) groups is 1. The van der Waals surface area contributed by atoms with Gasteiger partial charge in [0, 0.05) is 24.2 Å². The van der Waals surface area contributed by atoms with Crippen molar-refractivity contribution in [3.8, 4) is 0 Å². The predicted molar refractivity (Wildman–Crippen MR) is 110 cm³/mol. The van der Waals surface area contributed by atoms with Gasteiger partial charge < -0.3 is 16.0 Å². The third-order valence-electron chi connectivity index (χ3n) is 3.80. The maximum atomic E-state index is 4.74. The Morgan fingerprint density at radius 2 is 1.91 bits per heavy atom. The number of hydrogen-bond acceptors (Lipinski definition) is 2. The second kappa shape index (κ2) is 9.47. The van der Waals surface area contributed by atoms with Crippen molar-refractivity contribution in [1.82, 2.24) is 16.0 Å². The van der Waals surface area contributed by atoms with E-state index in [1.165, 1.54) is 18.4 Å². The molecular weight excluding hydrogens is 399 g/mol. The van der Waals surface area contributed by atoms with Crippen molar-refractivity contribution in [3.05, 3.63) is 35.9 Å². The zero-order valence-corrected chi connectivity index (χ0v) is 17.1. The van der Waals surface area contributed by atoms with E-state index in [0.717, 1.165) is 19.0 Å². The van der Waals surface area contributed by atoms with Gasteiger partial charge in [0.05, 0.1) is 6.54 Å². The van der Waals surface area contributed by atoms with Crippen LogP contribution in [-0.2, 0) is 0 Å². The van der Waals surface area contributed by atoms with Gasteiger partial charge in [-0.3, -0.25) is 4.99 Å². The van der Waals surface area contributed by atoms with Gasteiger partial charge in [-0.2, -0.15) is 0 Å². The van der Waals surface area contributed by atoms with Crippen LogP contribution in [0.15, 0.2) is 35.3 Å². The van der Waals surface area contributed by atoms with Gasteiger partial charge in [-0.05, 0) is 46.1 Å². The van der Waals surface area contributed by atoms with Crippen LogP contribution in [0.2, 0.25) is 0 Å². The number of halogens is 1. The molecule has 1 fully saturated rings. The molecule has 4 nitrogen and oxygen atoms in total. The second-order valence-corrected chi connectivity index (χ2v) is 6.77. The first-order valence-electron chi connectivity index (χ1n) is 8.37. The minimum absolute atomic E-state index is 0. The number of guanidine groups is 1. The third kappa shape index (κ3) is 7.52. The molecule has 0 radical (unpaired) electrons. The Balaban J connectivity index is 0.00000264. The van der Waals surface area contributed by atoms with Crippen LogP contribution in [0.25, 0.3) is 0 Å². The minimum Gasteiger partial charge on any atom is -0.357 e. The monoisotopic (exact) mass is 430 g/mol. The molecule has 1 unspecified atom stereocenters. The fourth-order valence-electron chi connectivity index (χ4n) is 2.47. The number of nitrogens with one attached hydrogen (secondary N) is 3. The summed E-state index contributed by atoms with van der Waals surface area (Å²) < 4.78 is 0. The van der Waals surface area contributed by atoms with Crippen molar-refractivity contribution in [2.45, 2.75) is 58.2 Å². The highest BCUT2D eigenvalue weighted by atomic mass is 127. The summed E-state index contributed by atoms with van der Waals surface area (Å²) >= 11 is 0. The van der Waals surface area contributed by atoms with Crippen LogP contribution in [0.3, 0.4) is 0 Å². The molecule has 3 N–H and O–H groups in total. The van der Waals surface area contributed by atoms with Crippen molar-refractivity contribution >= 4 is 29.9 Å². The molecule has 0 aliphatic heterocycles. The van der Waals surface area contributed by atoms with Crippen LogP contribution in [0.5, 0.6) is 0 Å². The second-order valence-electron chi connectivity index (χ2n) is 6.77. The van der Waals surface area contributed by atoms with Crippen LogP contribution in [0.4, 0.5) is 0 Å². The Kier molecular flexibility index (Phi) is 8.33. The number of hydrogen-bond donors (Lipinski definition) is 3. The van der Waals surface area contributed by atoms with Crippen LogP contribution < -0.4 is 16.0 Å². The predicted octanol–water partition coefficient (Wildman–Crippen LogP) is 3.45. The molecule has 1 atom stereocenters. The fraction of sp³-hybridized carbons (Fsp3) is 0.611. The molecule has 1 aliphatic carbocycles. The molecular formula is C18H31IN4. The molecule has 0 aromatic heterocycles. The van der Waals surface area contributed by atoms with E-state index in [-0.39, 0.29) is 29.5 Å². The quantitative estimate of drug-likeness (QED) is 0.353. The zero-order valence-electron chi connectivity index (χ0n) is 14.7. The molecule has 130 valence electrons. The smallest absolute Gasteiger partial charge is 0.191 e. The van der Waals surface area contributed by atoms with Gasteiger partial charge in [0.1, 0.15) is 0 Å². The van der Waals surface area contributed by atoms with E-state index in [2.05, 4.69) is 74.0 Å². The Labute approximate surface area is 157 Å². The van der Waals surface area contributed by atoms with Gasteiger partial charge in [-0.25, -0.2) is 0 Å². The fourth-order valence-corrected chi connectivity index (χ4v) is 2.47. The Hall–Kier alpha value is -0.820. The van der Waals surface area contributed by atoms with Crippen molar-refractivity contribution in [2.75, 3.05) is 13.1 Å². The van der Waals surface area contributed by atoms with Gasteiger partial charge in [0.15, 0.2) is 5.96 Å². The number of rotatable bonds is 7. The Morgan fingerprint density at radius 3 is 2.48 bits per heavy atom. The van der Waals surface area contributed by atoms with Gasteiger partial charge >= 0.3 is 0 Å². The van der Waals surface area contributed by atoms with Crippen LogP contribution in [0, 0.1) is 0 Å². The lowest BCUT2D eigenvalue weighted by atomic mass is 10.0. The van der Waals surface area contributed by atoms with Gasteiger partial charge in [-0.15, -0.1) is 24.0 Å². The van der Waals surface area contributed by atoms with Gasteiger partial charge in [-0.1, -0.05) is 30.3 Å². The topological polar surface area (TPSA) is 48.5 Å². The molecule has 1 aromatic rings. The lowest BCUT2D eigenvalue weighted by molar-refractivity contribution is 0.356. The molecule has 1 saturated carbocycles. The molecule has 0 amide bonds. The van der Waals surface area contributed by atoms with E-state index in [4.69, 9.17) is 4.99 Å². The summed E-state index contributed by atoms with van der Waals surface area (Å²) in [5.41, 5.74) is 1.25. The molecule has 2 rings (SSSR count). The standard InChI is InChI=1S/C18H30N4.HI/c1-5-19-17(21-16-11-12-16)20-13-18(3,4)22-14(2)15-9-7-6-8-10-15;/h6-10,14,16,22H,5,11-13H2,1-4H3,(H2,19,20,21);1H.